The van der Waals surface area contributed by atoms with Crippen molar-refractivity contribution in [3.63, 3.8) is 0 Å². The third-order valence-electron chi connectivity index (χ3n) is 4.05. The maximum atomic E-state index is 12.2. The van der Waals surface area contributed by atoms with Crippen molar-refractivity contribution in [2.24, 2.45) is 11.7 Å². The second-order valence-corrected chi connectivity index (χ2v) is 6.77. The molecule has 23 heavy (non-hydrogen) atoms. The predicted molar refractivity (Wildman–Crippen MR) is 87.9 cm³/mol. The molecule has 0 bridgehead atoms. The van der Waals surface area contributed by atoms with E-state index in [0.717, 1.165) is 23.5 Å². The highest BCUT2D eigenvalue weighted by molar-refractivity contribution is 7.09. The zero-order valence-electron chi connectivity index (χ0n) is 13.1. The van der Waals surface area contributed by atoms with E-state index in [9.17, 15) is 4.79 Å². The Morgan fingerprint density at radius 2 is 2.26 bits per heavy atom. The van der Waals surface area contributed by atoms with Crippen molar-refractivity contribution >= 4 is 17.2 Å². The molecule has 1 aliphatic rings. The lowest BCUT2D eigenvalue weighted by atomic mass is 9.92. The molecule has 6 nitrogen and oxygen atoms in total. The van der Waals surface area contributed by atoms with Gasteiger partial charge in [-0.2, -0.15) is 0 Å². The van der Waals surface area contributed by atoms with Crippen molar-refractivity contribution < 1.29 is 13.9 Å². The van der Waals surface area contributed by atoms with Crippen molar-refractivity contribution in [2.45, 2.75) is 32.4 Å². The van der Waals surface area contributed by atoms with Gasteiger partial charge in [-0.05, 0) is 37.8 Å². The van der Waals surface area contributed by atoms with Crippen LogP contribution in [0.2, 0.25) is 0 Å². The zero-order chi connectivity index (χ0) is 16.2. The Kier molecular flexibility index (Phi) is 5.09. The van der Waals surface area contributed by atoms with Crippen LogP contribution < -0.4 is 11.1 Å². The van der Waals surface area contributed by atoms with E-state index in [1.165, 1.54) is 0 Å². The van der Waals surface area contributed by atoms with Gasteiger partial charge >= 0.3 is 0 Å². The molecule has 1 unspecified atom stereocenters. The Bertz CT molecular complexity index is 661. The van der Waals surface area contributed by atoms with E-state index >= 15 is 0 Å². The number of rotatable bonds is 5. The van der Waals surface area contributed by atoms with Crippen LogP contribution in [0.15, 0.2) is 21.9 Å². The molecule has 0 saturated carbocycles. The van der Waals surface area contributed by atoms with Crippen LogP contribution in [0.25, 0.3) is 11.5 Å². The predicted octanol–water partition coefficient (Wildman–Crippen LogP) is 2.08. The second-order valence-electron chi connectivity index (χ2n) is 5.71. The minimum absolute atomic E-state index is 0.139. The Labute approximate surface area is 139 Å². The smallest absolute Gasteiger partial charge is 0.237 e. The Hall–Kier alpha value is -1.70. The largest absolute Gasteiger partial charge is 0.458 e. The van der Waals surface area contributed by atoms with Gasteiger partial charge < -0.3 is 20.2 Å². The number of carbonyl (C=O) groups is 1. The summed E-state index contributed by atoms with van der Waals surface area (Å²) in [6.07, 6.45) is 1.67. The molecule has 0 radical (unpaired) electrons. The number of thiazole rings is 1. The molecule has 3 rings (SSSR count). The van der Waals surface area contributed by atoms with E-state index in [1.54, 1.807) is 11.3 Å². The van der Waals surface area contributed by atoms with Crippen LogP contribution in [0.3, 0.4) is 0 Å². The molecule has 0 aliphatic carbocycles. The van der Waals surface area contributed by atoms with Gasteiger partial charge in [-0.25, -0.2) is 4.98 Å². The molecule has 1 saturated heterocycles. The number of amides is 1. The SMILES string of the molecule is Cc1nc(-c2ccc(CNC(=O)C(N)C3CCOCC3)o2)cs1. The number of nitrogens with two attached hydrogens (primary N) is 1. The maximum absolute atomic E-state index is 12.2. The summed E-state index contributed by atoms with van der Waals surface area (Å²) in [5, 5.41) is 5.80. The number of nitrogens with one attached hydrogen (secondary N) is 1. The summed E-state index contributed by atoms with van der Waals surface area (Å²) in [6.45, 7) is 3.65. The van der Waals surface area contributed by atoms with Gasteiger partial charge in [-0.15, -0.1) is 11.3 Å². The van der Waals surface area contributed by atoms with Crippen LogP contribution in [-0.4, -0.2) is 30.1 Å². The Morgan fingerprint density at radius 1 is 1.48 bits per heavy atom. The molecule has 1 amide bonds. The number of hydrogen-bond donors (Lipinski definition) is 2. The average Bonchev–Trinajstić information content (AvgIpc) is 3.21. The summed E-state index contributed by atoms with van der Waals surface area (Å²) in [5.74, 6) is 1.46. The fraction of sp³-hybridized carbons (Fsp3) is 0.500. The Morgan fingerprint density at radius 3 is 2.96 bits per heavy atom. The summed E-state index contributed by atoms with van der Waals surface area (Å²) in [4.78, 5) is 16.6. The molecule has 0 spiro atoms. The summed E-state index contributed by atoms with van der Waals surface area (Å²) >= 11 is 1.58. The van der Waals surface area contributed by atoms with Crippen LogP contribution in [0.4, 0.5) is 0 Å². The highest BCUT2D eigenvalue weighted by Gasteiger charge is 2.26. The van der Waals surface area contributed by atoms with E-state index in [1.807, 2.05) is 24.4 Å². The van der Waals surface area contributed by atoms with Crippen LogP contribution in [-0.2, 0) is 16.1 Å². The highest BCUT2D eigenvalue weighted by atomic mass is 32.1. The number of carbonyl (C=O) groups excluding carboxylic acids is 1. The zero-order valence-corrected chi connectivity index (χ0v) is 13.9. The monoisotopic (exact) mass is 335 g/mol. The first-order valence-corrected chi connectivity index (χ1v) is 8.63. The van der Waals surface area contributed by atoms with Crippen molar-refractivity contribution in [1.82, 2.24) is 10.3 Å². The molecule has 7 heteroatoms. The number of nitrogens with zero attached hydrogens (tertiary/aromatic N) is 1. The molecule has 0 aromatic carbocycles. The van der Waals surface area contributed by atoms with Gasteiger partial charge in [0.2, 0.25) is 5.91 Å². The number of aryl methyl sites for hydroxylation is 1. The fourth-order valence-electron chi connectivity index (χ4n) is 2.67. The molecule has 1 aliphatic heterocycles. The summed E-state index contributed by atoms with van der Waals surface area (Å²) in [5.41, 5.74) is 6.87. The quantitative estimate of drug-likeness (QED) is 0.873. The van der Waals surface area contributed by atoms with Gasteiger partial charge in [0.05, 0.1) is 17.6 Å². The van der Waals surface area contributed by atoms with Gasteiger partial charge in [-0.1, -0.05) is 0 Å². The van der Waals surface area contributed by atoms with Gasteiger partial charge in [0.15, 0.2) is 5.76 Å². The summed E-state index contributed by atoms with van der Waals surface area (Å²) in [6, 6.07) is 3.23. The summed E-state index contributed by atoms with van der Waals surface area (Å²) in [7, 11) is 0. The van der Waals surface area contributed by atoms with E-state index in [2.05, 4.69) is 10.3 Å². The lowest BCUT2D eigenvalue weighted by Crippen LogP contribution is -2.46. The lowest BCUT2D eigenvalue weighted by Gasteiger charge is -2.26. The van der Waals surface area contributed by atoms with Crippen molar-refractivity contribution in [3.05, 3.63) is 28.3 Å². The maximum Gasteiger partial charge on any atom is 0.237 e. The third-order valence-corrected chi connectivity index (χ3v) is 4.82. The second kappa shape index (κ2) is 7.25. The van der Waals surface area contributed by atoms with Crippen molar-refractivity contribution in [1.29, 1.82) is 0 Å². The lowest BCUT2D eigenvalue weighted by molar-refractivity contribution is -0.124. The third kappa shape index (κ3) is 3.99. The number of hydrogen-bond acceptors (Lipinski definition) is 6. The topological polar surface area (TPSA) is 90.4 Å². The first-order chi connectivity index (χ1) is 11.1. The number of aromatic nitrogens is 1. The van der Waals surface area contributed by atoms with Gasteiger partial charge in [0.1, 0.15) is 11.5 Å². The fourth-order valence-corrected chi connectivity index (χ4v) is 3.27. The molecule has 2 aromatic heterocycles. The van der Waals surface area contributed by atoms with Crippen molar-refractivity contribution in [3.8, 4) is 11.5 Å². The Balaban J connectivity index is 1.53. The molecule has 3 heterocycles. The molecule has 2 aromatic rings. The minimum Gasteiger partial charge on any atom is -0.458 e. The van der Waals surface area contributed by atoms with Gasteiger partial charge in [-0.3, -0.25) is 4.79 Å². The van der Waals surface area contributed by atoms with Gasteiger partial charge in [0, 0.05) is 18.6 Å². The highest BCUT2D eigenvalue weighted by Crippen LogP contribution is 2.24. The molecular formula is C16H21N3O3S. The van der Waals surface area contributed by atoms with Gasteiger partial charge in [0.25, 0.3) is 0 Å². The van der Waals surface area contributed by atoms with Crippen LogP contribution in [0.5, 0.6) is 0 Å². The molecular weight excluding hydrogens is 314 g/mol. The van der Waals surface area contributed by atoms with Crippen LogP contribution in [0, 0.1) is 12.8 Å². The number of ether oxygens (including phenoxy) is 1. The standard InChI is InChI=1S/C16H21N3O3S/c1-10-19-13(9-23-10)14-3-2-12(22-14)8-18-16(20)15(17)11-4-6-21-7-5-11/h2-3,9,11,15H,4-8,17H2,1H3,(H,18,20). The van der Waals surface area contributed by atoms with Crippen LogP contribution in [0.1, 0.15) is 23.6 Å². The minimum atomic E-state index is -0.491. The van der Waals surface area contributed by atoms with Crippen molar-refractivity contribution in [2.75, 3.05) is 13.2 Å². The molecule has 3 N–H and O–H groups in total. The van der Waals surface area contributed by atoms with E-state index in [-0.39, 0.29) is 11.8 Å². The molecule has 1 fully saturated rings. The molecule has 124 valence electrons. The van der Waals surface area contributed by atoms with E-state index in [4.69, 9.17) is 14.9 Å². The van der Waals surface area contributed by atoms with Crippen LogP contribution >= 0.6 is 11.3 Å². The van der Waals surface area contributed by atoms with E-state index < -0.39 is 6.04 Å². The normalized spacial score (nSPS) is 17.1. The number of furan rings is 1. The first-order valence-electron chi connectivity index (χ1n) is 7.76. The van der Waals surface area contributed by atoms with E-state index in [0.29, 0.717) is 31.3 Å². The molecule has 1 atom stereocenters. The first kappa shape index (κ1) is 16.2. The average molecular weight is 335 g/mol. The summed E-state index contributed by atoms with van der Waals surface area (Å²) < 4.78 is 11.0.